The van der Waals surface area contributed by atoms with Crippen LogP contribution in [0.1, 0.15) is 16.1 Å². The number of furan rings is 1. The number of anilines is 1. The SMILES string of the molecule is O=C(CN1CCN(CC(=O)c2ccco2)CC1)Nc1cccc(C(F)(F)F)c1. The van der Waals surface area contributed by atoms with Gasteiger partial charge in [-0.3, -0.25) is 19.4 Å². The van der Waals surface area contributed by atoms with Crippen LogP contribution in [0, 0.1) is 0 Å². The molecule has 1 aromatic heterocycles. The number of ketones is 1. The van der Waals surface area contributed by atoms with Crippen LogP contribution in [-0.4, -0.2) is 60.8 Å². The summed E-state index contributed by atoms with van der Waals surface area (Å²) < 4.78 is 43.3. The third kappa shape index (κ3) is 5.43. The molecule has 1 amide bonds. The molecular weight excluding hydrogens is 375 g/mol. The number of hydrogen-bond donors (Lipinski definition) is 1. The van der Waals surface area contributed by atoms with Crippen molar-refractivity contribution in [1.29, 1.82) is 0 Å². The first-order chi connectivity index (χ1) is 13.3. The molecule has 0 unspecified atom stereocenters. The molecule has 0 saturated carbocycles. The Bertz CT molecular complexity index is 813. The maximum Gasteiger partial charge on any atom is 0.416 e. The summed E-state index contributed by atoms with van der Waals surface area (Å²) in [6.45, 7) is 2.73. The van der Waals surface area contributed by atoms with Gasteiger partial charge in [0.05, 0.1) is 24.9 Å². The summed E-state index contributed by atoms with van der Waals surface area (Å²) >= 11 is 0. The van der Waals surface area contributed by atoms with Crippen LogP contribution in [0.4, 0.5) is 18.9 Å². The summed E-state index contributed by atoms with van der Waals surface area (Å²) in [5, 5.41) is 2.50. The zero-order valence-corrected chi connectivity index (χ0v) is 15.0. The number of benzene rings is 1. The number of carbonyl (C=O) groups is 2. The Hall–Kier alpha value is -2.65. The van der Waals surface area contributed by atoms with Crippen LogP contribution in [-0.2, 0) is 11.0 Å². The zero-order valence-electron chi connectivity index (χ0n) is 15.0. The topological polar surface area (TPSA) is 65.8 Å². The lowest BCUT2D eigenvalue weighted by Gasteiger charge is -2.33. The average Bonchev–Trinajstić information content (AvgIpc) is 3.18. The van der Waals surface area contributed by atoms with Crippen LogP contribution in [0.5, 0.6) is 0 Å². The van der Waals surface area contributed by atoms with Gasteiger partial charge >= 0.3 is 6.18 Å². The standard InChI is InChI=1S/C19H20F3N3O3/c20-19(21,22)14-3-1-4-15(11-14)23-18(27)13-25-8-6-24(7-9-25)12-16(26)17-5-2-10-28-17/h1-5,10-11H,6-9,12-13H2,(H,23,27). The van der Waals surface area contributed by atoms with E-state index in [4.69, 9.17) is 4.42 Å². The second kappa shape index (κ2) is 8.57. The van der Waals surface area contributed by atoms with Crippen LogP contribution in [0.3, 0.4) is 0 Å². The van der Waals surface area contributed by atoms with E-state index in [1.54, 1.807) is 12.1 Å². The van der Waals surface area contributed by atoms with Gasteiger partial charge in [0.2, 0.25) is 11.7 Å². The van der Waals surface area contributed by atoms with E-state index in [9.17, 15) is 22.8 Å². The van der Waals surface area contributed by atoms with Gasteiger partial charge in [0.1, 0.15) is 0 Å². The molecule has 1 N–H and O–H groups in total. The maximum atomic E-state index is 12.7. The third-order valence-corrected chi connectivity index (χ3v) is 4.47. The van der Waals surface area contributed by atoms with Crippen molar-refractivity contribution in [3.05, 3.63) is 54.0 Å². The quantitative estimate of drug-likeness (QED) is 0.762. The van der Waals surface area contributed by atoms with Crippen LogP contribution in [0.25, 0.3) is 0 Å². The van der Waals surface area contributed by atoms with E-state index in [0.29, 0.717) is 31.9 Å². The molecular formula is C19H20F3N3O3. The highest BCUT2D eigenvalue weighted by Gasteiger charge is 2.30. The highest BCUT2D eigenvalue weighted by molar-refractivity contribution is 5.95. The Morgan fingerprint density at radius 3 is 2.29 bits per heavy atom. The minimum atomic E-state index is -4.45. The molecule has 1 aromatic carbocycles. The molecule has 6 nitrogen and oxygen atoms in total. The van der Waals surface area contributed by atoms with E-state index in [1.807, 2.05) is 9.80 Å². The number of carbonyl (C=O) groups excluding carboxylic acids is 2. The van der Waals surface area contributed by atoms with Gasteiger partial charge in [-0.25, -0.2) is 0 Å². The van der Waals surface area contributed by atoms with Crippen molar-refractivity contribution >= 4 is 17.4 Å². The normalized spacial score (nSPS) is 16.1. The van der Waals surface area contributed by atoms with E-state index >= 15 is 0 Å². The summed E-state index contributed by atoms with van der Waals surface area (Å²) in [5.41, 5.74) is -0.692. The number of rotatable bonds is 6. The number of halogens is 3. The Kier molecular flexibility index (Phi) is 6.15. The molecule has 0 bridgehead atoms. The Labute approximate surface area is 159 Å². The molecule has 150 valence electrons. The van der Waals surface area contributed by atoms with Gasteiger partial charge in [0.25, 0.3) is 0 Å². The molecule has 1 aliphatic rings. The first-order valence-electron chi connectivity index (χ1n) is 8.80. The highest BCUT2D eigenvalue weighted by Crippen LogP contribution is 2.30. The molecule has 2 heterocycles. The number of amides is 1. The lowest BCUT2D eigenvalue weighted by atomic mass is 10.2. The van der Waals surface area contributed by atoms with Crippen LogP contribution in [0.2, 0.25) is 0 Å². The number of Topliss-reactive ketones (excluding diaryl/α,β-unsaturated/α-hetero) is 1. The van der Waals surface area contributed by atoms with Crippen molar-refractivity contribution in [3.8, 4) is 0 Å². The smallest absolute Gasteiger partial charge is 0.416 e. The largest absolute Gasteiger partial charge is 0.461 e. The van der Waals surface area contributed by atoms with E-state index in [2.05, 4.69) is 5.32 Å². The van der Waals surface area contributed by atoms with Crippen molar-refractivity contribution in [2.45, 2.75) is 6.18 Å². The molecule has 1 aliphatic heterocycles. The molecule has 28 heavy (non-hydrogen) atoms. The molecule has 1 fully saturated rings. The predicted octanol–water partition coefficient (Wildman–Crippen LogP) is 2.74. The van der Waals surface area contributed by atoms with Crippen LogP contribution >= 0.6 is 0 Å². The van der Waals surface area contributed by atoms with Gasteiger partial charge in [0.15, 0.2) is 5.76 Å². The number of nitrogens with one attached hydrogen (secondary N) is 1. The van der Waals surface area contributed by atoms with Crippen LogP contribution < -0.4 is 5.32 Å². The van der Waals surface area contributed by atoms with Crippen molar-refractivity contribution < 1.29 is 27.2 Å². The second-order valence-electron chi connectivity index (χ2n) is 6.58. The Morgan fingerprint density at radius 2 is 1.68 bits per heavy atom. The highest BCUT2D eigenvalue weighted by atomic mass is 19.4. The number of piperazine rings is 1. The lowest BCUT2D eigenvalue weighted by molar-refractivity contribution is -0.137. The lowest BCUT2D eigenvalue weighted by Crippen LogP contribution is -2.49. The van der Waals surface area contributed by atoms with Crippen molar-refractivity contribution in [2.24, 2.45) is 0 Å². The van der Waals surface area contributed by atoms with Crippen molar-refractivity contribution in [1.82, 2.24) is 9.80 Å². The molecule has 0 radical (unpaired) electrons. The van der Waals surface area contributed by atoms with Gasteiger partial charge in [0, 0.05) is 31.9 Å². The fraction of sp³-hybridized carbons (Fsp3) is 0.368. The van der Waals surface area contributed by atoms with Crippen LogP contribution in [0.15, 0.2) is 47.1 Å². The summed E-state index contributed by atoms with van der Waals surface area (Å²) in [5.74, 6) is -0.150. The molecule has 0 spiro atoms. The number of hydrogen-bond acceptors (Lipinski definition) is 5. The summed E-state index contributed by atoms with van der Waals surface area (Å²) in [6, 6.07) is 7.83. The van der Waals surface area contributed by atoms with Crippen molar-refractivity contribution in [2.75, 3.05) is 44.6 Å². The van der Waals surface area contributed by atoms with Gasteiger partial charge < -0.3 is 9.73 Å². The average molecular weight is 395 g/mol. The van der Waals surface area contributed by atoms with E-state index < -0.39 is 11.7 Å². The predicted molar refractivity (Wildman–Crippen MR) is 96.0 cm³/mol. The molecule has 1 saturated heterocycles. The first kappa shape index (κ1) is 20.1. The van der Waals surface area contributed by atoms with Crippen molar-refractivity contribution in [3.63, 3.8) is 0 Å². The minimum Gasteiger partial charge on any atom is -0.461 e. The fourth-order valence-corrected chi connectivity index (χ4v) is 3.00. The second-order valence-corrected chi connectivity index (χ2v) is 6.58. The van der Waals surface area contributed by atoms with Gasteiger partial charge in [-0.1, -0.05) is 6.07 Å². The number of nitrogens with zero attached hydrogens (tertiary/aromatic N) is 2. The third-order valence-electron chi connectivity index (χ3n) is 4.47. The molecule has 0 aliphatic carbocycles. The molecule has 3 rings (SSSR count). The summed E-state index contributed by atoms with van der Waals surface area (Å²) in [4.78, 5) is 28.1. The summed E-state index contributed by atoms with van der Waals surface area (Å²) in [7, 11) is 0. The first-order valence-corrected chi connectivity index (χ1v) is 8.80. The molecule has 9 heteroatoms. The monoisotopic (exact) mass is 395 g/mol. The molecule has 0 atom stereocenters. The van der Waals surface area contributed by atoms with E-state index in [1.165, 1.54) is 18.4 Å². The number of alkyl halides is 3. The minimum absolute atomic E-state index is 0.0796. The van der Waals surface area contributed by atoms with Gasteiger partial charge in [-0.15, -0.1) is 0 Å². The Morgan fingerprint density at radius 1 is 1.00 bits per heavy atom. The van der Waals surface area contributed by atoms with Gasteiger partial charge in [-0.05, 0) is 30.3 Å². The maximum absolute atomic E-state index is 12.7. The Balaban J connectivity index is 1.44. The summed E-state index contributed by atoms with van der Waals surface area (Å²) in [6.07, 6.45) is -3.00. The van der Waals surface area contributed by atoms with Gasteiger partial charge in [-0.2, -0.15) is 13.2 Å². The molecule has 2 aromatic rings. The van der Waals surface area contributed by atoms with E-state index in [-0.39, 0.29) is 30.5 Å². The fourth-order valence-electron chi connectivity index (χ4n) is 3.00. The van der Waals surface area contributed by atoms with E-state index in [0.717, 1.165) is 12.1 Å². The zero-order chi connectivity index (χ0) is 20.1.